The summed E-state index contributed by atoms with van der Waals surface area (Å²) in [5.41, 5.74) is 1.43. The number of hydrogen-bond donors (Lipinski definition) is 0. The van der Waals surface area contributed by atoms with Crippen LogP contribution in [0.2, 0.25) is 0 Å². The Morgan fingerprint density at radius 1 is 1.13 bits per heavy atom. The van der Waals surface area contributed by atoms with Crippen molar-refractivity contribution in [3.63, 3.8) is 0 Å². The Bertz CT molecular complexity index is 991. The van der Waals surface area contributed by atoms with Crippen molar-refractivity contribution in [1.29, 1.82) is 0 Å². The lowest BCUT2D eigenvalue weighted by Crippen LogP contribution is -2.05. The number of carbonyl (C=O) groups excluding carboxylic acids is 2. The van der Waals surface area contributed by atoms with Crippen LogP contribution >= 0.6 is 0 Å². The topological polar surface area (TPSA) is 83.4 Å². The maximum Gasteiger partial charge on any atom is 0.363 e. The van der Waals surface area contributed by atoms with Gasteiger partial charge in [-0.1, -0.05) is 19.4 Å². The second kappa shape index (κ2) is 9.73. The molecule has 1 aliphatic heterocycles. The van der Waals surface area contributed by atoms with Crippen LogP contribution in [-0.4, -0.2) is 31.6 Å². The Balaban J connectivity index is 1.80. The molecular formula is C23H23NO6. The molecule has 7 nitrogen and oxygen atoms in total. The van der Waals surface area contributed by atoms with E-state index in [1.54, 1.807) is 36.4 Å². The highest BCUT2D eigenvalue weighted by molar-refractivity contribution is 6.12. The minimum Gasteiger partial charge on any atom is -0.494 e. The van der Waals surface area contributed by atoms with Gasteiger partial charge in [0.2, 0.25) is 5.90 Å². The molecule has 2 aromatic rings. The van der Waals surface area contributed by atoms with Gasteiger partial charge in [-0.3, -0.25) is 4.79 Å². The normalized spacial score (nSPS) is 14.3. The van der Waals surface area contributed by atoms with Crippen LogP contribution in [0.4, 0.5) is 0 Å². The number of nitrogens with zero attached hydrogens (tertiary/aromatic N) is 1. The van der Waals surface area contributed by atoms with Crippen LogP contribution in [0.1, 0.15) is 37.8 Å². The predicted octanol–water partition coefficient (Wildman–Crippen LogP) is 4.14. The second-order valence-corrected chi connectivity index (χ2v) is 6.57. The molecule has 0 amide bonds. The third-order valence-corrected chi connectivity index (χ3v) is 4.23. The maximum absolute atomic E-state index is 12.2. The Hall–Kier alpha value is -3.61. The van der Waals surface area contributed by atoms with Gasteiger partial charge in [-0.25, -0.2) is 9.79 Å². The van der Waals surface area contributed by atoms with E-state index in [4.69, 9.17) is 18.9 Å². The van der Waals surface area contributed by atoms with Crippen LogP contribution in [0.5, 0.6) is 17.2 Å². The van der Waals surface area contributed by atoms with Crippen molar-refractivity contribution < 1.29 is 28.5 Å². The van der Waals surface area contributed by atoms with E-state index in [2.05, 4.69) is 11.9 Å². The first-order chi connectivity index (χ1) is 14.5. The van der Waals surface area contributed by atoms with Crippen LogP contribution in [0.3, 0.4) is 0 Å². The first kappa shape index (κ1) is 21.1. The van der Waals surface area contributed by atoms with E-state index in [-0.39, 0.29) is 17.3 Å². The van der Waals surface area contributed by atoms with E-state index in [9.17, 15) is 9.59 Å². The van der Waals surface area contributed by atoms with Crippen LogP contribution in [0.25, 0.3) is 6.08 Å². The molecule has 1 heterocycles. The predicted molar refractivity (Wildman–Crippen MR) is 112 cm³/mol. The van der Waals surface area contributed by atoms with Gasteiger partial charge in [0.1, 0.15) is 5.75 Å². The van der Waals surface area contributed by atoms with Crippen LogP contribution in [0, 0.1) is 0 Å². The van der Waals surface area contributed by atoms with Gasteiger partial charge in [0, 0.05) is 12.5 Å². The van der Waals surface area contributed by atoms with Gasteiger partial charge in [0.15, 0.2) is 17.2 Å². The fourth-order valence-electron chi connectivity index (χ4n) is 2.74. The van der Waals surface area contributed by atoms with E-state index in [0.717, 1.165) is 18.6 Å². The number of esters is 2. The third-order valence-electron chi connectivity index (χ3n) is 4.23. The molecule has 7 heteroatoms. The highest BCUT2D eigenvalue weighted by atomic mass is 16.6. The van der Waals surface area contributed by atoms with Crippen LogP contribution < -0.4 is 14.2 Å². The van der Waals surface area contributed by atoms with E-state index in [1.807, 2.05) is 12.1 Å². The van der Waals surface area contributed by atoms with Crippen LogP contribution in [0.15, 0.2) is 53.2 Å². The molecule has 0 unspecified atom stereocenters. The molecule has 0 bridgehead atoms. The van der Waals surface area contributed by atoms with Crippen molar-refractivity contribution in [3.05, 3.63) is 59.3 Å². The summed E-state index contributed by atoms with van der Waals surface area (Å²) < 4.78 is 21.3. The maximum atomic E-state index is 12.2. The van der Waals surface area contributed by atoms with E-state index < -0.39 is 11.9 Å². The third kappa shape index (κ3) is 5.26. The summed E-state index contributed by atoms with van der Waals surface area (Å²) in [4.78, 5) is 27.8. The molecule has 0 spiro atoms. The second-order valence-electron chi connectivity index (χ2n) is 6.57. The van der Waals surface area contributed by atoms with Gasteiger partial charge in [0.25, 0.3) is 0 Å². The number of methoxy groups -OCH3 is 1. The van der Waals surface area contributed by atoms with Gasteiger partial charge in [-0.15, -0.1) is 0 Å². The van der Waals surface area contributed by atoms with Crippen molar-refractivity contribution in [2.45, 2.75) is 26.7 Å². The number of rotatable bonds is 8. The molecule has 30 heavy (non-hydrogen) atoms. The van der Waals surface area contributed by atoms with Gasteiger partial charge in [0.05, 0.1) is 13.7 Å². The van der Waals surface area contributed by atoms with Crippen molar-refractivity contribution in [2.75, 3.05) is 13.7 Å². The number of unbranched alkanes of at least 4 members (excludes halogenated alkanes) is 1. The Labute approximate surface area is 174 Å². The summed E-state index contributed by atoms with van der Waals surface area (Å²) in [6.07, 6.45) is 3.62. The summed E-state index contributed by atoms with van der Waals surface area (Å²) in [7, 11) is 1.48. The molecular weight excluding hydrogens is 386 g/mol. The molecule has 0 saturated carbocycles. The number of aliphatic imine (C=N–C) groups is 1. The van der Waals surface area contributed by atoms with Crippen molar-refractivity contribution in [3.8, 4) is 17.2 Å². The smallest absolute Gasteiger partial charge is 0.363 e. The number of carbonyl (C=O) groups is 2. The molecule has 1 aliphatic rings. The molecule has 0 aliphatic carbocycles. The molecule has 0 saturated heterocycles. The molecule has 0 atom stereocenters. The average Bonchev–Trinajstić information content (AvgIpc) is 3.09. The summed E-state index contributed by atoms with van der Waals surface area (Å²) in [6.45, 7) is 4.07. The number of cyclic esters (lactones) is 1. The molecule has 2 aromatic carbocycles. The Morgan fingerprint density at radius 2 is 1.90 bits per heavy atom. The number of hydrogen-bond acceptors (Lipinski definition) is 7. The SMILES string of the molecule is CCCCOc1ccc(C2=NC(=Cc3ccc(OC)c(OC(C)=O)c3)C(=O)O2)cc1. The first-order valence-electron chi connectivity index (χ1n) is 9.62. The van der Waals surface area contributed by atoms with E-state index in [1.165, 1.54) is 14.0 Å². The fraction of sp³-hybridized carbons (Fsp3) is 0.261. The zero-order valence-corrected chi connectivity index (χ0v) is 17.1. The van der Waals surface area contributed by atoms with Crippen molar-refractivity contribution in [2.24, 2.45) is 4.99 Å². The Kier molecular flexibility index (Phi) is 6.85. The molecule has 0 N–H and O–H groups in total. The highest BCUT2D eigenvalue weighted by Crippen LogP contribution is 2.30. The molecule has 0 radical (unpaired) electrons. The lowest BCUT2D eigenvalue weighted by Gasteiger charge is -2.08. The summed E-state index contributed by atoms with van der Waals surface area (Å²) in [5.74, 6) is 0.614. The summed E-state index contributed by atoms with van der Waals surface area (Å²) in [5, 5.41) is 0. The molecule has 3 rings (SSSR count). The average molecular weight is 409 g/mol. The van der Waals surface area contributed by atoms with Crippen molar-refractivity contribution in [1.82, 2.24) is 0 Å². The highest BCUT2D eigenvalue weighted by Gasteiger charge is 2.24. The zero-order chi connectivity index (χ0) is 21.5. The van der Waals surface area contributed by atoms with E-state index in [0.29, 0.717) is 23.5 Å². The first-order valence-corrected chi connectivity index (χ1v) is 9.62. The van der Waals surface area contributed by atoms with Gasteiger partial charge in [-0.2, -0.15) is 0 Å². The van der Waals surface area contributed by atoms with Gasteiger partial charge in [-0.05, 0) is 54.5 Å². The van der Waals surface area contributed by atoms with E-state index >= 15 is 0 Å². The summed E-state index contributed by atoms with van der Waals surface area (Å²) >= 11 is 0. The number of benzene rings is 2. The molecule has 0 aromatic heterocycles. The monoisotopic (exact) mass is 409 g/mol. The van der Waals surface area contributed by atoms with Gasteiger partial charge < -0.3 is 18.9 Å². The Morgan fingerprint density at radius 3 is 2.57 bits per heavy atom. The summed E-state index contributed by atoms with van der Waals surface area (Å²) in [6, 6.07) is 12.2. The lowest BCUT2D eigenvalue weighted by molar-refractivity contribution is -0.132. The minimum absolute atomic E-state index is 0.146. The zero-order valence-electron chi connectivity index (χ0n) is 17.1. The fourth-order valence-corrected chi connectivity index (χ4v) is 2.74. The lowest BCUT2D eigenvalue weighted by atomic mass is 10.1. The quantitative estimate of drug-likeness (QED) is 0.282. The largest absolute Gasteiger partial charge is 0.494 e. The number of ether oxygens (including phenoxy) is 4. The van der Waals surface area contributed by atoms with Crippen LogP contribution in [-0.2, 0) is 14.3 Å². The standard InChI is InChI=1S/C23H23NO6/c1-4-5-12-28-18-9-7-17(8-10-18)22-24-19(23(26)30-22)13-16-6-11-20(27-3)21(14-16)29-15(2)25/h6-11,13-14H,4-5,12H2,1-3H3. The minimum atomic E-state index is -0.557. The molecule has 0 fully saturated rings. The van der Waals surface area contributed by atoms with Crippen molar-refractivity contribution >= 4 is 23.9 Å². The van der Waals surface area contributed by atoms with Gasteiger partial charge >= 0.3 is 11.9 Å². The molecule has 156 valence electrons.